The Morgan fingerprint density at radius 3 is 2.47 bits per heavy atom. The van der Waals surface area contributed by atoms with Gasteiger partial charge >= 0.3 is 5.97 Å². The Kier molecular flexibility index (Phi) is 10.2. The van der Waals surface area contributed by atoms with Crippen LogP contribution in [0.1, 0.15) is 69.9 Å². The summed E-state index contributed by atoms with van der Waals surface area (Å²) in [5.41, 5.74) is 6.99. The number of aromatic nitrogens is 3. The van der Waals surface area contributed by atoms with Crippen LogP contribution in [0.25, 0.3) is 28.0 Å². The van der Waals surface area contributed by atoms with Crippen molar-refractivity contribution in [1.29, 1.82) is 0 Å². The number of methoxy groups -OCH3 is 1. The molecule has 0 saturated carbocycles. The molecule has 1 aliphatic heterocycles. The number of nitrogens with zero attached hydrogens (tertiary/aromatic N) is 4. The smallest absolute Gasteiger partial charge is 0.339 e. The summed E-state index contributed by atoms with van der Waals surface area (Å²) < 4.78 is 13.6. The number of aryl methyl sites for hydroxylation is 2. The lowest BCUT2D eigenvalue weighted by Gasteiger charge is -2.40. The lowest BCUT2D eigenvalue weighted by Crippen LogP contribution is -2.40. The van der Waals surface area contributed by atoms with Gasteiger partial charge in [0.15, 0.2) is 11.8 Å². The van der Waals surface area contributed by atoms with Gasteiger partial charge < -0.3 is 14.4 Å². The monoisotopic (exact) mass is 632 g/mol. The maximum absolute atomic E-state index is 13.4. The van der Waals surface area contributed by atoms with E-state index in [4.69, 9.17) is 19.6 Å². The van der Waals surface area contributed by atoms with Gasteiger partial charge in [-0.15, -0.1) is 6.58 Å². The predicted molar refractivity (Wildman–Crippen MR) is 192 cm³/mol. The van der Waals surface area contributed by atoms with Crippen LogP contribution < -0.4 is 4.90 Å². The topological polar surface area (TPSA) is 69.0 Å². The van der Waals surface area contributed by atoms with Crippen LogP contribution in [0.2, 0.25) is 0 Å². The zero-order chi connectivity index (χ0) is 33.8. The van der Waals surface area contributed by atoms with Crippen molar-refractivity contribution in [3.63, 3.8) is 0 Å². The summed E-state index contributed by atoms with van der Waals surface area (Å²) >= 11 is 0. The molecule has 7 heteroatoms. The Balaban J connectivity index is 1.65. The normalized spacial score (nSPS) is 15.6. The largest absolute Gasteiger partial charge is 0.467 e. The third-order valence-corrected chi connectivity index (χ3v) is 8.90. The third-order valence-electron chi connectivity index (χ3n) is 8.90. The lowest BCUT2D eigenvalue weighted by molar-refractivity contribution is -0.164. The second-order valence-corrected chi connectivity index (χ2v) is 13.7. The highest BCUT2D eigenvalue weighted by atomic mass is 16.6. The number of rotatable bonds is 11. The second-order valence-electron chi connectivity index (χ2n) is 13.7. The van der Waals surface area contributed by atoms with Crippen LogP contribution in [0, 0.1) is 12.3 Å². The van der Waals surface area contributed by atoms with Gasteiger partial charge in [0.05, 0.1) is 24.0 Å². The van der Waals surface area contributed by atoms with Crippen molar-refractivity contribution in [2.75, 3.05) is 25.1 Å². The molecule has 4 aromatic rings. The summed E-state index contributed by atoms with van der Waals surface area (Å²) in [6.07, 6.45) is 10.8. The van der Waals surface area contributed by atoms with Gasteiger partial charge in [-0.3, -0.25) is 0 Å². The highest BCUT2D eigenvalue weighted by molar-refractivity contribution is 5.81. The number of anilines is 1. The highest BCUT2D eigenvalue weighted by Gasteiger charge is 2.37. The minimum absolute atomic E-state index is 0.0490. The quantitative estimate of drug-likeness (QED) is 0.0935. The fourth-order valence-corrected chi connectivity index (χ4v) is 6.37. The van der Waals surface area contributed by atoms with Gasteiger partial charge in [0.2, 0.25) is 0 Å². The molecule has 2 aromatic heterocycles. The molecule has 0 aliphatic carbocycles. The van der Waals surface area contributed by atoms with E-state index in [-0.39, 0.29) is 5.41 Å². The molecule has 246 valence electrons. The number of allylic oxidation sites excluding steroid dienone is 4. The van der Waals surface area contributed by atoms with Crippen molar-refractivity contribution in [3.05, 3.63) is 109 Å². The molecule has 1 fully saturated rings. The summed E-state index contributed by atoms with van der Waals surface area (Å²) in [5, 5.41) is 5.18. The van der Waals surface area contributed by atoms with E-state index >= 15 is 0 Å². The SMILES string of the molecule is C=CC=CC1(C)CCN(c2c(C(OC(C)(C)C)C(=O)OC)c(C)nc3cc(-c4cccc(-c5ccccc5CCC=C)c4)nn23)CC1. The van der Waals surface area contributed by atoms with E-state index < -0.39 is 17.7 Å². The maximum atomic E-state index is 13.4. The molecule has 0 spiro atoms. The van der Waals surface area contributed by atoms with Crippen molar-refractivity contribution < 1.29 is 14.3 Å². The number of carbonyl (C=O) groups is 1. The molecule has 1 aliphatic rings. The standard InChI is InChI=1S/C40H48N4O3/c1-9-11-16-29-17-13-14-20-32(29)30-18-15-19-31(26-30)33-27-34-41-28(3)35(36(38(45)46-8)47-39(4,5)6)37(44(34)42-33)43-24-22-40(7,23-25-43)21-12-10-2/h9-10,12-15,17-21,26-27,36H,1-2,11,16,22-25H2,3-8H3. The summed E-state index contributed by atoms with van der Waals surface area (Å²) in [7, 11) is 1.40. The first-order chi connectivity index (χ1) is 22.5. The molecule has 7 nitrogen and oxygen atoms in total. The van der Waals surface area contributed by atoms with Crippen LogP contribution in [0.3, 0.4) is 0 Å². The van der Waals surface area contributed by atoms with Crippen molar-refractivity contribution in [1.82, 2.24) is 14.6 Å². The average molecular weight is 633 g/mol. The molecule has 3 heterocycles. The van der Waals surface area contributed by atoms with Crippen molar-refractivity contribution >= 4 is 17.4 Å². The predicted octanol–water partition coefficient (Wildman–Crippen LogP) is 8.87. The molecule has 1 atom stereocenters. The zero-order valence-corrected chi connectivity index (χ0v) is 28.8. The molecule has 0 radical (unpaired) electrons. The number of ether oxygens (including phenoxy) is 2. The molecule has 0 N–H and O–H groups in total. The van der Waals surface area contributed by atoms with E-state index in [0.717, 1.165) is 61.4 Å². The van der Waals surface area contributed by atoms with Crippen molar-refractivity contribution in [2.45, 2.75) is 72.0 Å². The van der Waals surface area contributed by atoms with Gasteiger partial charge in [0.1, 0.15) is 5.82 Å². The molecular formula is C40H48N4O3. The summed E-state index contributed by atoms with van der Waals surface area (Å²) in [6.45, 7) is 19.4. The van der Waals surface area contributed by atoms with Gasteiger partial charge in [-0.1, -0.05) is 80.3 Å². The van der Waals surface area contributed by atoms with E-state index in [1.807, 2.05) is 56.5 Å². The molecule has 0 amide bonds. The summed E-state index contributed by atoms with van der Waals surface area (Å²) in [6, 6.07) is 19.1. The Morgan fingerprint density at radius 1 is 1.06 bits per heavy atom. The maximum Gasteiger partial charge on any atom is 0.339 e. The molecule has 2 aromatic carbocycles. The summed E-state index contributed by atoms with van der Waals surface area (Å²) in [5.74, 6) is 0.357. The first-order valence-electron chi connectivity index (χ1n) is 16.5. The van der Waals surface area contributed by atoms with E-state index in [2.05, 4.69) is 79.6 Å². The Hall–Kier alpha value is -4.49. The number of hydrogen-bond acceptors (Lipinski definition) is 6. The first kappa shape index (κ1) is 33.9. The van der Waals surface area contributed by atoms with E-state index in [1.54, 1.807) is 0 Å². The molecular weight excluding hydrogens is 584 g/mol. The molecule has 1 unspecified atom stereocenters. The van der Waals surface area contributed by atoms with E-state index in [0.29, 0.717) is 16.9 Å². The Labute approximate surface area is 279 Å². The second kappa shape index (κ2) is 14.1. The minimum atomic E-state index is -0.969. The van der Waals surface area contributed by atoms with Gasteiger partial charge in [-0.25, -0.2) is 9.78 Å². The third kappa shape index (κ3) is 7.57. The molecule has 5 rings (SSSR count). The lowest BCUT2D eigenvalue weighted by atomic mass is 9.80. The average Bonchev–Trinajstić information content (AvgIpc) is 3.48. The van der Waals surface area contributed by atoms with Gasteiger partial charge in [-0.2, -0.15) is 9.61 Å². The highest BCUT2D eigenvalue weighted by Crippen LogP contribution is 2.40. The zero-order valence-electron chi connectivity index (χ0n) is 28.8. The van der Waals surface area contributed by atoms with Crippen LogP contribution in [-0.4, -0.2) is 46.4 Å². The number of esters is 1. The van der Waals surface area contributed by atoms with Gasteiger partial charge in [0.25, 0.3) is 0 Å². The minimum Gasteiger partial charge on any atom is -0.467 e. The fourth-order valence-electron chi connectivity index (χ4n) is 6.37. The number of carbonyl (C=O) groups excluding carboxylic acids is 1. The number of piperidine rings is 1. The van der Waals surface area contributed by atoms with Crippen molar-refractivity contribution in [2.24, 2.45) is 5.41 Å². The van der Waals surface area contributed by atoms with E-state index in [9.17, 15) is 4.79 Å². The molecule has 47 heavy (non-hydrogen) atoms. The van der Waals surface area contributed by atoms with Crippen LogP contribution in [0.5, 0.6) is 0 Å². The van der Waals surface area contributed by atoms with Crippen LogP contribution in [0.15, 0.2) is 92.1 Å². The van der Waals surface area contributed by atoms with Crippen molar-refractivity contribution in [3.8, 4) is 22.4 Å². The van der Waals surface area contributed by atoms with Gasteiger partial charge in [0, 0.05) is 30.4 Å². The number of hydrogen-bond donors (Lipinski definition) is 0. The fraction of sp³-hybridized carbons (Fsp3) is 0.375. The number of fused-ring (bicyclic) bond motifs is 1. The van der Waals surface area contributed by atoms with Gasteiger partial charge in [-0.05, 0) is 81.5 Å². The van der Waals surface area contributed by atoms with Crippen LogP contribution in [-0.2, 0) is 20.7 Å². The molecule has 0 bridgehead atoms. The number of benzene rings is 2. The Morgan fingerprint density at radius 2 is 1.79 bits per heavy atom. The Bertz CT molecular complexity index is 1790. The first-order valence-corrected chi connectivity index (χ1v) is 16.5. The van der Waals surface area contributed by atoms with E-state index in [1.165, 1.54) is 18.2 Å². The van der Waals surface area contributed by atoms with Crippen LogP contribution in [0.4, 0.5) is 5.82 Å². The molecule has 1 saturated heterocycles. The summed E-state index contributed by atoms with van der Waals surface area (Å²) in [4.78, 5) is 20.7. The van der Waals surface area contributed by atoms with Crippen LogP contribution >= 0.6 is 0 Å².